The third kappa shape index (κ3) is 4.87. The van der Waals surface area contributed by atoms with Crippen LogP contribution >= 0.6 is 0 Å². The van der Waals surface area contributed by atoms with Gasteiger partial charge in [-0.3, -0.25) is 4.79 Å². The second-order valence-corrected chi connectivity index (χ2v) is 8.25. The Kier molecular flexibility index (Phi) is 6.76. The van der Waals surface area contributed by atoms with E-state index in [-0.39, 0.29) is 17.2 Å². The Bertz CT molecular complexity index is 693. The van der Waals surface area contributed by atoms with E-state index in [1.54, 1.807) is 6.07 Å². The molecule has 3 aliphatic rings. The fraction of sp³-hybridized carbons (Fsp3) is 0.682. The van der Waals surface area contributed by atoms with Crippen LogP contribution in [0.25, 0.3) is 0 Å². The molecule has 0 bridgehead atoms. The SMILES string of the molecule is CC.O=C(C1CCN(c2cccc(C(F)(F)F)c2)CC1)N1CCC2(CCNC2)C1. The molecule has 3 saturated heterocycles. The average molecular weight is 412 g/mol. The molecule has 0 aromatic heterocycles. The molecule has 1 amide bonds. The fourth-order valence-electron chi connectivity index (χ4n) is 4.79. The van der Waals surface area contributed by atoms with Crippen LogP contribution in [0.3, 0.4) is 0 Å². The van der Waals surface area contributed by atoms with E-state index >= 15 is 0 Å². The summed E-state index contributed by atoms with van der Waals surface area (Å²) in [5.41, 5.74) is 0.243. The van der Waals surface area contributed by atoms with Gasteiger partial charge in [0.05, 0.1) is 5.56 Å². The smallest absolute Gasteiger partial charge is 0.371 e. The average Bonchev–Trinajstić information content (AvgIpc) is 3.38. The number of likely N-dealkylation sites (tertiary alicyclic amines) is 1. The number of benzene rings is 1. The van der Waals surface area contributed by atoms with Crippen molar-refractivity contribution < 1.29 is 18.0 Å². The number of alkyl halides is 3. The summed E-state index contributed by atoms with van der Waals surface area (Å²) in [6.45, 7) is 8.99. The molecule has 1 unspecified atom stereocenters. The lowest BCUT2D eigenvalue weighted by Gasteiger charge is -2.35. The number of carbonyl (C=O) groups is 1. The molecule has 0 saturated carbocycles. The van der Waals surface area contributed by atoms with Gasteiger partial charge in [-0.25, -0.2) is 0 Å². The molecule has 1 aromatic carbocycles. The van der Waals surface area contributed by atoms with Gasteiger partial charge in [0.15, 0.2) is 0 Å². The highest BCUT2D eigenvalue weighted by Gasteiger charge is 2.43. The van der Waals surface area contributed by atoms with Crippen LogP contribution in [0.1, 0.15) is 45.1 Å². The van der Waals surface area contributed by atoms with Gasteiger partial charge in [0.2, 0.25) is 5.91 Å². The minimum atomic E-state index is -4.33. The molecule has 1 spiro atoms. The van der Waals surface area contributed by atoms with Crippen LogP contribution in [0.2, 0.25) is 0 Å². The van der Waals surface area contributed by atoms with Gasteiger partial charge in [0, 0.05) is 49.7 Å². The molecule has 0 radical (unpaired) electrons. The van der Waals surface area contributed by atoms with Gasteiger partial charge in [-0.2, -0.15) is 13.2 Å². The van der Waals surface area contributed by atoms with E-state index in [1.807, 2.05) is 23.6 Å². The van der Waals surface area contributed by atoms with Crippen molar-refractivity contribution in [3.63, 3.8) is 0 Å². The third-order valence-corrected chi connectivity index (χ3v) is 6.46. The number of anilines is 1. The van der Waals surface area contributed by atoms with Crippen LogP contribution in [0.15, 0.2) is 24.3 Å². The first-order chi connectivity index (χ1) is 13.9. The second-order valence-electron chi connectivity index (χ2n) is 8.25. The van der Waals surface area contributed by atoms with Crippen LogP contribution in [-0.4, -0.2) is 50.1 Å². The Morgan fingerprint density at radius 2 is 1.86 bits per heavy atom. The quantitative estimate of drug-likeness (QED) is 0.794. The van der Waals surface area contributed by atoms with Crippen molar-refractivity contribution >= 4 is 11.6 Å². The first kappa shape index (κ1) is 21.9. The van der Waals surface area contributed by atoms with Gasteiger partial charge in [0.25, 0.3) is 0 Å². The zero-order chi connectivity index (χ0) is 21.1. The summed E-state index contributed by atoms with van der Waals surface area (Å²) in [6, 6.07) is 5.48. The number of nitrogens with zero attached hydrogens (tertiary/aromatic N) is 2. The summed E-state index contributed by atoms with van der Waals surface area (Å²) in [5, 5.41) is 3.41. The predicted molar refractivity (Wildman–Crippen MR) is 109 cm³/mol. The first-order valence-electron chi connectivity index (χ1n) is 10.8. The normalized spacial score (nSPS) is 25.3. The lowest BCUT2D eigenvalue weighted by Crippen LogP contribution is -2.42. The molecule has 1 N–H and O–H groups in total. The van der Waals surface area contributed by atoms with Gasteiger partial charge < -0.3 is 15.1 Å². The van der Waals surface area contributed by atoms with E-state index in [2.05, 4.69) is 5.32 Å². The molecule has 162 valence electrons. The summed E-state index contributed by atoms with van der Waals surface area (Å²) < 4.78 is 38.8. The van der Waals surface area contributed by atoms with E-state index < -0.39 is 11.7 Å². The zero-order valence-corrected chi connectivity index (χ0v) is 17.4. The lowest BCUT2D eigenvalue weighted by molar-refractivity contribution is -0.137. The van der Waals surface area contributed by atoms with Crippen LogP contribution in [0.5, 0.6) is 0 Å². The molecular formula is C22H32F3N3O. The molecule has 7 heteroatoms. The zero-order valence-electron chi connectivity index (χ0n) is 17.4. The van der Waals surface area contributed by atoms with Crippen LogP contribution in [0.4, 0.5) is 18.9 Å². The Morgan fingerprint density at radius 3 is 2.48 bits per heavy atom. The van der Waals surface area contributed by atoms with Gasteiger partial charge in [-0.1, -0.05) is 19.9 Å². The van der Waals surface area contributed by atoms with Gasteiger partial charge >= 0.3 is 6.18 Å². The molecule has 1 aromatic rings. The van der Waals surface area contributed by atoms with Gasteiger partial charge in [-0.05, 0) is 50.4 Å². The predicted octanol–water partition coefficient (Wildman–Crippen LogP) is 4.16. The van der Waals surface area contributed by atoms with Gasteiger partial charge in [-0.15, -0.1) is 0 Å². The number of nitrogens with one attached hydrogen (secondary N) is 1. The summed E-state index contributed by atoms with van der Waals surface area (Å²) in [5.74, 6) is 0.235. The highest BCUT2D eigenvalue weighted by molar-refractivity contribution is 5.79. The molecule has 3 aliphatic heterocycles. The Hall–Kier alpha value is -1.76. The number of rotatable bonds is 2. The molecule has 4 nitrogen and oxygen atoms in total. The summed E-state index contributed by atoms with van der Waals surface area (Å²) in [4.78, 5) is 16.9. The topological polar surface area (TPSA) is 35.6 Å². The number of halogens is 3. The van der Waals surface area contributed by atoms with Crippen LogP contribution < -0.4 is 10.2 Å². The fourth-order valence-corrected chi connectivity index (χ4v) is 4.79. The van der Waals surface area contributed by atoms with Crippen molar-refractivity contribution in [2.24, 2.45) is 11.3 Å². The van der Waals surface area contributed by atoms with Crippen molar-refractivity contribution in [1.29, 1.82) is 0 Å². The first-order valence-corrected chi connectivity index (χ1v) is 10.8. The summed E-state index contributed by atoms with van der Waals surface area (Å²) in [7, 11) is 0. The monoisotopic (exact) mass is 411 g/mol. The Balaban J connectivity index is 0.00000117. The van der Waals surface area contributed by atoms with E-state index in [0.29, 0.717) is 31.6 Å². The Labute approximate surface area is 171 Å². The highest BCUT2D eigenvalue weighted by atomic mass is 19.4. The Morgan fingerprint density at radius 1 is 1.14 bits per heavy atom. The minimum Gasteiger partial charge on any atom is -0.371 e. The van der Waals surface area contributed by atoms with Gasteiger partial charge in [0.1, 0.15) is 0 Å². The van der Waals surface area contributed by atoms with Crippen LogP contribution in [0, 0.1) is 11.3 Å². The molecule has 1 atom stereocenters. The third-order valence-electron chi connectivity index (χ3n) is 6.46. The van der Waals surface area contributed by atoms with Crippen molar-refractivity contribution in [3.05, 3.63) is 29.8 Å². The highest BCUT2D eigenvalue weighted by Crippen LogP contribution is 2.38. The van der Waals surface area contributed by atoms with Crippen molar-refractivity contribution in [1.82, 2.24) is 10.2 Å². The van der Waals surface area contributed by atoms with E-state index in [9.17, 15) is 18.0 Å². The molecule has 4 rings (SSSR count). The maximum absolute atomic E-state index is 12.9. The molecule has 29 heavy (non-hydrogen) atoms. The minimum absolute atomic E-state index is 0.00318. The van der Waals surface area contributed by atoms with E-state index in [4.69, 9.17) is 0 Å². The molecular weight excluding hydrogens is 379 g/mol. The number of hydrogen-bond acceptors (Lipinski definition) is 3. The second kappa shape index (κ2) is 8.94. The number of hydrogen-bond donors (Lipinski definition) is 1. The molecule has 0 aliphatic carbocycles. The van der Waals surface area contributed by atoms with Crippen molar-refractivity contribution in [2.45, 2.75) is 45.7 Å². The standard InChI is InChI=1S/C20H26F3N3O.C2H6/c21-20(22,23)16-2-1-3-17(12-16)25-9-4-15(5-10-25)18(27)26-11-7-19(14-26)6-8-24-13-19;1-2/h1-3,12,15,24H,4-11,13-14H2;1-2H3. The number of piperidine rings is 1. The molecule has 3 heterocycles. The van der Waals surface area contributed by atoms with Crippen molar-refractivity contribution in [2.75, 3.05) is 44.2 Å². The number of carbonyl (C=O) groups excluding carboxylic acids is 1. The number of amides is 1. The maximum Gasteiger partial charge on any atom is 0.416 e. The van der Waals surface area contributed by atoms with Crippen molar-refractivity contribution in [3.8, 4) is 0 Å². The van der Waals surface area contributed by atoms with Crippen LogP contribution in [-0.2, 0) is 11.0 Å². The summed E-state index contributed by atoms with van der Waals surface area (Å²) in [6.07, 6.45) is -0.696. The van der Waals surface area contributed by atoms with E-state index in [0.717, 1.165) is 45.1 Å². The maximum atomic E-state index is 12.9. The van der Waals surface area contributed by atoms with E-state index in [1.165, 1.54) is 12.1 Å². The lowest BCUT2D eigenvalue weighted by atomic mass is 9.86. The summed E-state index contributed by atoms with van der Waals surface area (Å²) >= 11 is 0. The largest absolute Gasteiger partial charge is 0.416 e. The molecule has 3 fully saturated rings.